The number of benzene rings is 1. The summed E-state index contributed by atoms with van der Waals surface area (Å²) in [6.45, 7) is 9.14. The third-order valence-electron chi connectivity index (χ3n) is 5.75. The molecule has 0 aromatic heterocycles. The average molecular weight is 387 g/mol. The van der Waals surface area contributed by atoms with Gasteiger partial charge in [0.05, 0.1) is 13.0 Å². The van der Waals surface area contributed by atoms with E-state index in [4.69, 9.17) is 4.74 Å². The van der Waals surface area contributed by atoms with E-state index in [1.807, 2.05) is 35.2 Å². The number of para-hydroxylation sites is 1. The number of nitrogens with zero attached hydrogens (tertiary/aromatic N) is 2. The van der Waals surface area contributed by atoms with Crippen LogP contribution in [0.4, 0.5) is 0 Å². The Hall–Kier alpha value is -2.04. The molecule has 0 bridgehead atoms. The molecule has 3 rings (SSSR count). The topological polar surface area (TPSA) is 49.9 Å². The van der Waals surface area contributed by atoms with Crippen molar-refractivity contribution in [1.82, 2.24) is 9.80 Å². The van der Waals surface area contributed by atoms with E-state index in [0.29, 0.717) is 31.4 Å². The highest BCUT2D eigenvalue weighted by Crippen LogP contribution is 2.32. The van der Waals surface area contributed by atoms with Crippen LogP contribution in [0.5, 0.6) is 5.75 Å². The first-order chi connectivity index (χ1) is 13.3. The molecule has 0 spiro atoms. The van der Waals surface area contributed by atoms with Crippen molar-refractivity contribution in [2.45, 2.75) is 58.9 Å². The van der Waals surface area contributed by atoms with Crippen molar-refractivity contribution in [2.75, 3.05) is 26.2 Å². The van der Waals surface area contributed by atoms with Crippen molar-refractivity contribution < 1.29 is 14.3 Å². The summed E-state index contributed by atoms with van der Waals surface area (Å²) in [5.74, 6) is 1.64. The number of hydrogen-bond acceptors (Lipinski definition) is 3. The highest BCUT2D eigenvalue weighted by atomic mass is 16.5. The Morgan fingerprint density at radius 3 is 2.54 bits per heavy atom. The van der Waals surface area contributed by atoms with Gasteiger partial charge in [-0.3, -0.25) is 9.59 Å². The molecule has 2 amide bonds. The molecular formula is C23H34N2O3. The number of likely N-dealkylation sites (tertiary alicyclic amines) is 2. The lowest BCUT2D eigenvalue weighted by Crippen LogP contribution is -2.57. The van der Waals surface area contributed by atoms with Crippen LogP contribution >= 0.6 is 0 Å². The highest BCUT2D eigenvalue weighted by Gasteiger charge is 2.39. The molecule has 0 radical (unpaired) electrons. The lowest BCUT2D eigenvalue weighted by atomic mass is 9.82. The van der Waals surface area contributed by atoms with Crippen molar-refractivity contribution in [1.29, 1.82) is 0 Å². The summed E-state index contributed by atoms with van der Waals surface area (Å²) in [6.07, 6.45) is 4.03. The molecule has 5 heteroatoms. The average Bonchev–Trinajstić information content (AvgIpc) is 2.66. The van der Waals surface area contributed by atoms with Crippen LogP contribution in [0.3, 0.4) is 0 Å². The van der Waals surface area contributed by atoms with Crippen molar-refractivity contribution in [3.05, 3.63) is 30.3 Å². The third kappa shape index (κ3) is 5.49. The molecule has 2 fully saturated rings. The summed E-state index contributed by atoms with van der Waals surface area (Å²) in [5.41, 5.74) is 0.0133. The van der Waals surface area contributed by atoms with E-state index in [9.17, 15) is 9.59 Å². The fourth-order valence-electron chi connectivity index (χ4n) is 4.43. The van der Waals surface area contributed by atoms with Crippen molar-refractivity contribution in [2.24, 2.45) is 11.3 Å². The molecule has 0 aliphatic carbocycles. The van der Waals surface area contributed by atoms with Gasteiger partial charge >= 0.3 is 0 Å². The van der Waals surface area contributed by atoms with Gasteiger partial charge in [0.1, 0.15) is 5.75 Å². The number of rotatable bonds is 5. The highest BCUT2D eigenvalue weighted by molar-refractivity contribution is 5.78. The van der Waals surface area contributed by atoms with Crippen LogP contribution in [0.2, 0.25) is 0 Å². The SMILES string of the molecule is CC(C)(C)CC(=O)N1CCC[C@@H]2CN(C(=O)CCOc3ccccc3)CC[C@@H]21. The second kappa shape index (κ2) is 8.97. The predicted octanol–water partition coefficient (Wildman–Crippen LogP) is 3.73. The molecule has 0 saturated carbocycles. The maximum absolute atomic E-state index is 12.8. The van der Waals surface area contributed by atoms with Gasteiger partial charge in [-0.05, 0) is 42.7 Å². The molecule has 2 aliphatic heterocycles. The number of carbonyl (C=O) groups is 2. The van der Waals surface area contributed by atoms with Crippen LogP contribution < -0.4 is 4.74 Å². The van der Waals surface area contributed by atoms with Gasteiger partial charge in [0, 0.05) is 32.1 Å². The molecule has 0 N–H and O–H groups in total. The summed E-state index contributed by atoms with van der Waals surface area (Å²) < 4.78 is 5.67. The summed E-state index contributed by atoms with van der Waals surface area (Å²) in [7, 11) is 0. The summed E-state index contributed by atoms with van der Waals surface area (Å²) in [5, 5.41) is 0. The van der Waals surface area contributed by atoms with Gasteiger partial charge in [-0.15, -0.1) is 0 Å². The molecule has 2 atom stereocenters. The van der Waals surface area contributed by atoms with Gasteiger partial charge in [-0.1, -0.05) is 39.0 Å². The summed E-state index contributed by atoms with van der Waals surface area (Å²) >= 11 is 0. The van der Waals surface area contributed by atoms with Gasteiger partial charge in [-0.25, -0.2) is 0 Å². The zero-order valence-corrected chi connectivity index (χ0v) is 17.5. The zero-order valence-electron chi connectivity index (χ0n) is 17.5. The molecule has 1 aromatic carbocycles. The van der Waals surface area contributed by atoms with Gasteiger partial charge < -0.3 is 14.5 Å². The fourth-order valence-corrected chi connectivity index (χ4v) is 4.43. The number of carbonyl (C=O) groups excluding carboxylic acids is 2. The van der Waals surface area contributed by atoms with Gasteiger partial charge in [0.15, 0.2) is 0 Å². The van der Waals surface area contributed by atoms with Crippen LogP contribution in [0, 0.1) is 11.3 Å². The number of amides is 2. The Labute approximate surface area is 169 Å². The minimum Gasteiger partial charge on any atom is -0.493 e. The van der Waals surface area contributed by atoms with Crippen molar-refractivity contribution in [3.63, 3.8) is 0 Å². The Kier molecular flexibility index (Phi) is 6.63. The monoisotopic (exact) mass is 386 g/mol. The Balaban J connectivity index is 1.49. The number of hydrogen-bond donors (Lipinski definition) is 0. The first-order valence-corrected chi connectivity index (χ1v) is 10.6. The number of fused-ring (bicyclic) bond motifs is 1. The van der Waals surface area contributed by atoms with Gasteiger partial charge in [0.2, 0.25) is 11.8 Å². The predicted molar refractivity (Wildman–Crippen MR) is 110 cm³/mol. The molecule has 2 aliphatic rings. The lowest BCUT2D eigenvalue weighted by Gasteiger charge is -2.47. The molecule has 1 aromatic rings. The van der Waals surface area contributed by atoms with E-state index < -0.39 is 0 Å². The Morgan fingerprint density at radius 2 is 1.82 bits per heavy atom. The lowest BCUT2D eigenvalue weighted by molar-refractivity contribution is -0.143. The number of ether oxygens (including phenoxy) is 1. The van der Waals surface area contributed by atoms with E-state index in [2.05, 4.69) is 25.7 Å². The van der Waals surface area contributed by atoms with E-state index in [0.717, 1.165) is 44.6 Å². The molecule has 154 valence electrons. The van der Waals surface area contributed by atoms with E-state index in [-0.39, 0.29) is 17.2 Å². The van der Waals surface area contributed by atoms with Crippen LogP contribution in [0.15, 0.2) is 30.3 Å². The Bertz CT molecular complexity index is 668. The minimum atomic E-state index is 0.0133. The first-order valence-electron chi connectivity index (χ1n) is 10.6. The molecule has 2 saturated heterocycles. The van der Waals surface area contributed by atoms with Crippen molar-refractivity contribution >= 4 is 11.8 Å². The second-order valence-corrected chi connectivity index (χ2v) is 9.33. The quantitative estimate of drug-likeness (QED) is 0.775. The summed E-state index contributed by atoms with van der Waals surface area (Å²) in [4.78, 5) is 29.5. The molecule has 2 heterocycles. The fraction of sp³-hybridized carbons (Fsp3) is 0.652. The summed E-state index contributed by atoms with van der Waals surface area (Å²) in [6, 6.07) is 9.91. The smallest absolute Gasteiger partial charge is 0.226 e. The van der Waals surface area contributed by atoms with Crippen LogP contribution in [-0.2, 0) is 9.59 Å². The third-order valence-corrected chi connectivity index (χ3v) is 5.75. The number of piperidine rings is 2. The molecular weight excluding hydrogens is 352 g/mol. The van der Waals surface area contributed by atoms with E-state index in [1.54, 1.807) is 0 Å². The molecule has 28 heavy (non-hydrogen) atoms. The van der Waals surface area contributed by atoms with E-state index in [1.165, 1.54) is 0 Å². The van der Waals surface area contributed by atoms with Gasteiger partial charge in [-0.2, -0.15) is 0 Å². The van der Waals surface area contributed by atoms with Crippen molar-refractivity contribution in [3.8, 4) is 5.75 Å². The largest absolute Gasteiger partial charge is 0.493 e. The second-order valence-electron chi connectivity index (χ2n) is 9.33. The maximum atomic E-state index is 12.8. The van der Waals surface area contributed by atoms with Crippen LogP contribution in [-0.4, -0.2) is 53.9 Å². The maximum Gasteiger partial charge on any atom is 0.226 e. The molecule has 5 nitrogen and oxygen atoms in total. The normalized spacial score (nSPS) is 22.5. The van der Waals surface area contributed by atoms with Crippen LogP contribution in [0.1, 0.15) is 52.9 Å². The first kappa shape index (κ1) is 20.7. The zero-order chi connectivity index (χ0) is 20.1. The van der Waals surface area contributed by atoms with E-state index >= 15 is 0 Å². The Morgan fingerprint density at radius 1 is 1.07 bits per heavy atom. The van der Waals surface area contributed by atoms with Crippen LogP contribution in [0.25, 0.3) is 0 Å². The minimum absolute atomic E-state index is 0.0133. The van der Waals surface area contributed by atoms with Gasteiger partial charge in [0.25, 0.3) is 0 Å². The molecule has 0 unspecified atom stereocenters. The standard InChI is InChI=1S/C23H34N2O3/c1-23(2,3)16-22(27)25-13-7-8-18-17-24(14-11-20(18)25)21(26)12-15-28-19-9-5-4-6-10-19/h4-6,9-10,18,20H,7-8,11-17H2,1-3H3/t18-,20+/m1/s1.